The van der Waals surface area contributed by atoms with Crippen molar-refractivity contribution in [3.8, 4) is 11.5 Å². The Balaban J connectivity index is 3.21. The number of phenols is 1. The van der Waals surface area contributed by atoms with Crippen molar-refractivity contribution in [3.05, 3.63) is 27.3 Å². The van der Waals surface area contributed by atoms with Crippen LogP contribution in [0.4, 0.5) is 0 Å². The summed E-state index contributed by atoms with van der Waals surface area (Å²) < 4.78 is 5.82. The van der Waals surface area contributed by atoms with Crippen LogP contribution in [0.1, 0.15) is 12.5 Å². The van der Waals surface area contributed by atoms with Gasteiger partial charge in [-0.15, -0.1) is 0 Å². The number of benzene rings is 1. The lowest BCUT2D eigenvalue weighted by atomic mass is 10.2. The van der Waals surface area contributed by atoms with E-state index < -0.39 is 0 Å². The van der Waals surface area contributed by atoms with Crippen LogP contribution < -0.4 is 4.74 Å². The van der Waals surface area contributed by atoms with Gasteiger partial charge in [0.1, 0.15) is 0 Å². The quantitative estimate of drug-likeness (QED) is 0.848. The van der Waals surface area contributed by atoms with E-state index in [0.29, 0.717) is 5.75 Å². The van der Waals surface area contributed by atoms with E-state index in [0.717, 1.165) is 9.13 Å². The van der Waals surface area contributed by atoms with E-state index in [1.807, 2.05) is 25.1 Å². The molecule has 0 spiro atoms. The van der Waals surface area contributed by atoms with E-state index in [2.05, 4.69) is 22.6 Å². The van der Waals surface area contributed by atoms with E-state index >= 15 is 0 Å². The third-order valence-corrected chi connectivity index (χ3v) is 2.45. The molecule has 0 aliphatic carbocycles. The van der Waals surface area contributed by atoms with Crippen LogP contribution in [-0.2, 0) is 0 Å². The van der Waals surface area contributed by atoms with Crippen LogP contribution in [0.15, 0.2) is 18.2 Å². The lowest BCUT2D eigenvalue weighted by molar-refractivity contribution is 0.371. The summed E-state index contributed by atoms with van der Waals surface area (Å²) in [6, 6.07) is 3.70. The molecule has 0 atom stereocenters. The molecule has 0 fully saturated rings. The first-order chi connectivity index (χ1) is 6.19. The van der Waals surface area contributed by atoms with Crippen LogP contribution in [0.25, 0.3) is 6.08 Å². The predicted molar refractivity (Wildman–Crippen MR) is 62.1 cm³/mol. The summed E-state index contributed by atoms with van der Waals surface area (Å²) in [4.78, 5) is 0. The molecular formula is C10H11IO2. The average Bonchev–Trinajstić information content (AvgIpc) is 2.11. The lowest BCUT2D eigenvalue weighted by Crippen LogP contribution is -1.87. The first-order valence-corrected chi connectivity index (χ1v) is 4.96. The van der Waals surface area contributed by atoms with Crippen molar-refractivity contribution in [3.63, 3.8) is 0 Å². The number of methoxy groups -OCH3 is 1. The van der Waals surface area contributed by atoms with Gasteiger partial charge in [0.05, 0.1) is 10.7 Å². The van der Waals surface area contributed by atoms with Gasteiger partial charge in [-0.05, 0) is 47.2 Å². The number of phenolic OH excluding ortho intramolecular Hbond substituents is 1. The van der Waals surface area contributed by atoms with Gasteiger partial charge in [0.15, 0.2) is 11.5 Å². The predicted octanol–water partition coefficient (Wildman–Crippen LogP) is 3.04. The molecule has 13 heavy (non-hydrogen) atoms. The van der Waals surface area contributed by atoms with Crippen LogP contribution in [0.3, 0.4) is 0 Å². The molecule has 0 amide bonds. The minimum atomic E-state index is 0.205. The number of hydrogen-bond donors (Lipinski definition) is 1. The topological polar surface area (TPSA) is 29.5 Å². The molecule has 1 aromatic carbocycles. The Morgan fingerprint density at radius 3 is 2.69 bits per heavy atom. The van der Waals surface area contributed by atoms with Gasteiger partial charge in [-0.3, -0.25) is 0 Å². The van der Waals surface area contributed by atoms with Crippen LogP contribution in [0.5, 0.6) is 11.5 Å². The molecule has 1 N–H and O–H groups in total. The van der Waals surface area contributed by atoms with Gasteiger partial charge in [0.2, 0.25) is 0 Å². The van der Waals surface area contributed by atoms with Crippen molar-refractivity contribution in [2.45, 2.75) is 6.92 Å². The van der Waals surface area contributed by atoms with E-state index in [-0.39, 0.29) is 5.75 Å². The number of aromatic hydroxyl groups is 1. The highest BCUT2D eigenvalue weighted by molar-refractivity contribution is 14.1. The van der Waals surface area contributed by atoms with Crippen molar-refractivity contribution in [1.82, 2.24) is 0 Å². The zero-order chi connectivity index (χ0) is 9.84. The zero-order valence-corrected chi connectivity index (χ0v) is 9.70. The molecule has 0 saturated heterocycles. The molecule has 70 valence electrons. The maximum atomic E-state index is 9.53. The fourth-order valence-corrected chi connectivity index (χ4v) is 1.66. The highest BCUT2D eigenvalue weighted by atomic mass is 127. The van der Waals surface area contributed by atoms with Gasteiger partial charge < -0.3 is 9.84 Å². The van der Waals surface area contributed by atoms with Crippen LogP contribution in [0, 0.1) is 3.57 Å². The summed E-state index contributed by atoms with van der Waals surface area (Å²) >= 11 is 2.07. The number of ether oxygens (including phenoxy) is 1. The zero-order valence-electron chi connectivity index (χ0n) is 7.54. The number of halogens is 1. The molecule has 1 aromatic rings. The first kappa shape index (κ1) is 10.4. The molecule has 3 heteroatoms. The Kier molecular flexibility index (Phi) is 3.59. The Morgan fingerprint density at radius 2 is 2.15 bits per heavy atom. The van der Waals surface area contributed by atoms with Crippen molar-refractivity contribution in [2.24, 2.45) is 0 Å². The summed E-state index contributed by atoms with van der Waals surface area (Å²) in [7, 11) is 1.55. The van der Waals surface area contributed by atoms with Gasteiger partial charge in [-0.1, -0.05) is 12.2 Å². The second kappa shape index (κ2) is 4.50. The molecule has 0 heterocycles. The highest BCUT2D eigenvalue weighted by Crippen LogP contribution is 2.32. The Hall–Kier alpha value is -0.710. The fourth-order valence-electron chi connectivity index (χ4n) is 1.04. The Labute approximate surface area is 91.4 Å². The smallest absolute Gasteiger partial charge is 0.171 e. The lowest BCUT2D eigenvalue weighted by Gasteiger charge is -2.06. The maximum absolute atomic E-state index is 9.53. The summed E-state index contributed by atoms with van der Waals surface area (Å²) in [5, 5.41) is 9.53. The summed E-state index contributed by atoms with van der Waals surface area (Å²) in [5.41, 5.74) is 1.03. The average molecular weight is 290 g/mol. The van der Waals surface area contributed by atoms with Crippen molar-refractivity contribution < 1.29 is 9.84 Å². The van der Waals surface area contributed by atoms with Crippen LogP contribution >= 0.6 is 22.6 Å². The number of rotatable bonds is 2. The monoisotopic (exact) mass is 290 g/mol. The van der Waals surface area contributed by atoms with Gasteiger partial charge >= 0.3 is 0 Å². The third-order valence-electron chi connectivity index (χ3n) is 1.63. The summed E-state index contributed by atoms with van der Waals surface area (Å²) in [6.45, 7) is 1.95. The molecule has 0 radical (unpaired) electrons. The Morgan fingerprint density at radius 1 is 1.46 bits per heavy atom. The van der Waals surface area contributed by atoms with Gasteiger partial charge in [-0.25, -0.2) is 0 Å². The normalized spacial score (nSPS) is 10.7. The van der Waals surface area contributed by atoms with Crippen molar-refractivity contribution in [2.75, 3.05) is 7.11 Å². The SMILES string of the molecule is CC=Cc1cc(I)c(O)c(OC)c1. The molecule has 1 rings (SSSR count). The van der Waals surface area contributed by atoms with E-state index in [1.54, 1.807) is 13.2 Å². The minimum absolute atomic E-state index is 0.205. The van der Waals surface area contributed by atoms with Gasteiger partial charge in [-0.2, -0.15) is 0 Å². The first-order valence-electron chi connectivity index (χ1n) is 3.88. The maximum Gasteiger partial charge on any atom is 0.171 e. The van der Waals surface area contributed by atoms with Crippen LogP contribution in [-0.4, -0.2) is 12.2 Å². The molecule has 0 bridgehead atoms. The van der Waals surface area contributed by atoms with E-state index in [4.69, 9.17) is 4.74 Å². The fraction of sp³-hybridized carbons (Fsp3) is 0.200. The van der Waals surface area contributed by atoms with E-state index in [9.17, 15) is 5.11 Å². The highest BCUT2D eigenvalue weighted by Gasteiger charge is 2.06. The molecule has 0 aromatic heterocycles. The van der Waals surface area contributed by atoms with Gasteiger partial charge in [0.25, 0.3) is 0 Å². The number of allylic oxidation sites excluding steroid dienone is 1. The standard InChI is InChI=1S/C10H11IO2/c1-3-4-7-5-8(11)10(12)9(6-7)13-2/h3-6,12H,1-2H3. The molecular weight excluding hydrogens is 279 g/mol. The molecule has 0 saturated carbocycles. The summed E-state index contributed by atoms with van der Waals surface area (Å²) in [6.07, 6.45) is 3.91. The van der Waals surface area contributed by atoms with Crippen molar-refractivity contribution >= 4 is 28.7 Å². The summed E-state index contributed by atoms with van der Waals surface area (Å²) in [5.74, 6) is 0.719. The van der Waals surface area contributed by atoms with Crippen molar-refractivity contribution in [1.29, 1.82) is 0 Å². The molecule has 2 nitrogen and oxygen atoms in total. The molecule has 0 unspecified atom stereocenters. The van der Waals surface area contributed by atoms with Gasteiger partial charge in [0, 0.05) is 0 Å². The largest absolute Gasteiger partial charge is 0.504 e. The second-order valence-electron chi connectivity index (χ2n) is 2.55. The third kappa shape index (κ3) is 2.37. The Bertz CT molecular complexity index is 332. The molecule has 0 aliphatic heterocycles. The second-order valence-corrected chi connectivity index (χ2v) is 3.72. The molecule has 0 aliphatic rings. The number of hydrogen-bond acceptors (Lipinski definition) is 2. The van der Waals surface area contributed by atoms with E-state index in [1.165, 1.54) is 0 Å². The minimum Gasteiger partial charge on any atom is -0.504 e. The van der Waals surface area contributed by atoms with Crippen LogP contribution in [0.2, 0.25) is 0 Å².